The number of hydrogen-bond donors (Lipinski definition) is 1. The van der Waals surface area contributed by atoms with E-state index in [2.05, 4.69) is 21.5 Å². The van der Waals surface area contributed by atoms with E-state index in [1.807, 2.05) is 25.4 Å². The summed E-state index contributed by atoms with van der Waals surface area (Å²) in [7, 11) is 3.55. The first-order chi connectivity index (χ1) is 8.74. The number of ether oxygens (including phenoxy) is 1. The van der Waals surface area contributed by atoms with Crippen molar-refractivity contribution < 1.29 is 4.74 Å². The van der Waals surface area contributed by atoms with Gasteiger partial charge in [-0.1, -0.05) is 0 Å². The van der Waals surface area contributed by atoms with E-state index >= 15 is 0 Å². The highest BCUT2D eigenvalue weighted by molar-refractivity contribution is 7.98. The van der Waals surface area contributed by atoms with Crippen molar-refractivity contribution in [2.24, 2.45) is 7.05 Å². The Bertz CT molecular complexity index is 527. The SMILES string of the molecule is COc1cc(SC)ccc1NCc1ncnn1C. The van der Waals surface area contributed by atoms with Crippen LogP contribution in [0.3, 0.4) is 0 Å². The van der Waals surface area contributed by atoms with Crippen LogP contribution in [0.25, 0.3) is 0 Å². The minimum Gasteiger partial charge on any atom is -0.495 e. The van der Waals surface area contributed by atoms with Gasteiger partial charge in [0.25, 0.3) is 0 Å². The fourth-order valence-corrected chi connectivity index (χ4v) is 2.03. The van der Waals surface area contributed by atoms with Crippen LogP contribution in [0, 0.1) is 0 Å². The Hall–Kier alpha value is -1.69. The minimum atomic E-state index is 0.617. The van der Waals surface area contributed by atoms with Crippen LogP contribution >= 0.6 is 11.8 Å². The Kier molecular flexibility index (Phi) is 4.09. The molecule has 0 aliphatic heterocycles. The number of thioether (sulfide) groups is 1. The molecular weight excluding hydrogens is 248 g/mol. The fourth-order valence-electron chi connectivity index (χ4n) is 1.60. The van der Waals surface area contributed by atoms with Crippen molar-refractivity contribution in [1.82, 2.24) is 14.8 Å². The zero-order valence-electron chi connectivity index (χ0n) is 10.7. The van der Waals surface area contributed by atoms with Gasteiger partial charge in [0, 0.05) is 11.9 Å². The number of hydrogen-bond acceptors (Lipinski definition) is 5. The van der Waals surface area contributed by atoms with Gasteiger partial charge in [0.05, 0.1) is 19.3 Å². The van der Waals surface area contributed by atoms with Gasteiger partial charge in [0.15, 0.2) is 0 Å². The molecule has 2 rings (SSSR count). The second-order valence-electron chi connectivity index (χ2n) is 3.72. The number of aromatic nitrogens is 3. The molecule has 0 spiro atoms. The molecule has 0 unspecified atom stereocenters. The number of aryl methyl sites for hydroxylation is 1. The van der Waals surface area contributed by atoms with Gasteiger partial charge in [-0.25, -0.2) is 4.98 Å². The van der Waals surface area contributed by atoms with Gasteiger partial charge in [-0.2, -0.15) is 5.10 Å². The van der Waals surface area contributed by atoms with Gasteiger partial charge in [-0.15, -0.1) is 11.8 Å². The van der Waals surface area contributed by atoms with Crippen LogP contribution in [0.5, 0.6) is 5.75 Å². The van der Waals surface area contributed by atoms with Crippen LogP contribution in [0.4, 0.5) is 5.69 Å². The molecule has 0 fully saturated rings. The third kappa shape index (κ3) is 2.76. The first-order valence-electron chi connectivity index (χ1n) is 5.53. The van der Waals surface area contributed by atoms with Crippen LogP contribution in [0.1, 0.15) is 5.82 Å². The summed E-state index contributed by atoms with van der Waals surface area (Å²) >= 11 is 1.69. The highest BCUT2D eigenvalue weighted by atomic mass is 32.2. The molecule has 0 aliphatic rings. The molecule has 5 nitrogen and oxygen atoms in total. The average Bonchev–Trinajstić information content (AvgIpc) is 2.81. The maximum Gasteiger partial charge on any atom is 0.145 e. The summed E-state index contributed by atoms with van der Waals surface area (Å²) in [6.07, 6.45) is 3.59. The summed E-state index contributed by atoms with van der Waals surface area (Å²) in [5.41, 5.74) is 0.957. The fraction of sp³-hybridized carbons (Fsp3) is 0.333. The van der Waals surface area contributed by atoms with E-state index in [-0.39, 0.29) is 0 Å². The second-order valence-corrected chi connectivity index (χ2v) is 4.60. The number of benzene rings is 1. The zero-order chi connectivity index (χ0) is 13.0. The summed E-state index contributed by atoms with van der Waals surface area (Å²) in [4.78, 5) is 5.34. The molecule has 18 heavy (non-hydrogen) atoms. The van der Waals surface area contributed by atoms with E-state index in [1.165, 1.54) is 4.90 Å². The summed E-state index contributed by atoms with van der Waals surface area (Å²) in [6.45, 7) is 0.617. The van der Waals surface area contributed by atoms with E-state index in [9.17, 15) is 0 Å². The predicted molar refractivity (Wildman–Crippen MR) is 73.1 cm³/mol. The summed E-state index contributed by atoms with van der Waals surface area (Å²) in [5.74, 6) is 1.72. The van der Waals surface area contributed by atoms with Crippen LogP contribution in [0.15, 0.2) is 29.4 Å². The largest absolute Gasteiger partial charge is 0.495 e. The van der Waals surface area contributed by atoms with Gasteiger partial charge in [-0.3, -0.25) is 4.68 Å². The van der Waals surface area contributed by atoms with Crippen LogP contribution in [-0.4, -0.2) is 28.1 Å². The van der Waals surface area contributed by atoms with Gasteiger partial charge >= 0.3 is 0 Å². The minimum absolute atomic E-state index is 0.617. The Labute approximate surface area is 111 Å². The van der Waals surface area contributed by atoms with Gasteiger partial charge in [0.1, 0.15) is 17.9 Å². The Balaban J connectivity index is 2.11. The maximum absolute atomic E-state index is 5.37. The van der Waals surface area contributed by atoms with Crippen LogP contribution in [-0.2, 0) is 13.6 Å². The quantitative estimate of drug-likeness (QED) is 0.839. The van der Waals surface area contributed by atoms with Crippen molar-refractivity contribution >= 4 is 17.4 Å². The van der Waals surface area contributed by atoms with Crippen molar-refractivity contribution in [3.63, 3.8) is 0 Å². The first kappa shape index (κ1) is 12.8. The highest BCUT2D eigenvalue weighted by Crippen LogP contribution is 2.29. The van der Waals surface area contributed by atoms with E-state index < -0.39 is 0 Å². The maximum atomic E-state index is 5.37. The zero-order valence-corrected chi connectivity index (χ0v) is 11.5. The molecular formula is C12H16N4OS. The molecule has 0 radical (unpaired) electrons. The predicted octanol–water partition coefficient (Wildman–Crippen LogP) is 2.16. The van der Waals surface area contributed by atoms with Crippen molar-refractivity contribution in [2.75, 3.05) is 18.7 Å². The van der Waals surface area contributed by atoms with Gasteiger partial charge < -0.3 is 10.1 Å². The third-order valence-corrected chi connectivity index (χ3v) is 3.38. The molecule has 1 heterocycles. The van der Waals surface area contributed by atoms with Crippen LogP contribution in [0.2, 0.25) is 0 Å². The summed E-state index contributed by atoms with van der Waals surface area (Å²) in [6, 6.07) is 6.09. The lowest BCUT2D eigenvalue weighted by molar-refractivity contribution is 0.415. The number of nitrogens with zero attached hydrogens (tertiary/aromatic N) is 3. The summed E-state index contributed by atoms with van der Waals surface area (Å²) < 4.78 is 7.12. The Morgan fingerprint density at radius 3 is 2.89 bits per heavy atom. The van der Waals surface area contributed by atoms with Gasteiger partial charge in [-0.05, 0) is 24.5 Å². The van der Waals surface area contributed by atoms with E-state index in [0.29, 0.717) is 6.54 Å². The smallest absolute Gasteiger partial charge is 0.145 e. The lowest BCUT2D eigenvalue weighted by Crippen LogP contribution is -2.07. The van der Waals surface area contributed by atoms with Gasteiger partial charge in [0.2, 0.25) is 0 Å². The highest BCUT2D eigenvalue weighted by Gasteiger charge is 2.06. The van der Waals surface area contributed by atoms with Crippen molar-refractivity contribution in [1.29, 1.82) is 0 Å². The molecule has 1 N–H and O–H groups in total. The average molecular weight is 264 g/mol. The first-order valence-corrected chi connectivity index (χ1v) is 6.76. The number of anilines is 1. The topological polar surface area (TPSA) is 52.0 Å². The second kappa shape index (κ2) is 5.77. The number of methoxy groups -OCH3 is 1. The van der Waals surface area contributed by atoms with Crippen molar-refractivity contribution in [3.05, 3.63) is 30.4 Å². The normalized spacial score (nSPS) is 10.4. The van der Waals surface area contributed by atoms with Crippen LogP contribution < -0.4 is 10.1 Å². The molecule has 0 aliphatic carbocycles. The molecule has 6 heteroatoms. The molecule has 0 amide bonds. The number of nitrogens with one attached hydrogen (secondary N) is 1. The monoisotopic (exact) mass is 264 g/mol. The molecule has 0 saturated carbocycles. The molecule has 0 bridgehead atoms. The molecule has 0 saturated heterocycles. The van der Waals surface area contributed by atoms with Crippen molar-refractivity contribution in [2.45, 2.75) is 11.4 Å². The number of rotatable bonds is 5. The third-order valence-electron chi connectivity index (χ3n) is 2.65. The molecule has 96 valence electrons. The Morgan fingerprint density at radius 1 is 1.44 bits per heavy atom. The standard InChI is InChI=1S/C12H16N4OS/c1-16-12(14-8-15-16)7-13-10-5-4-9(18-3)6-11(10)17-2/h4-6,8,13H,7H2,1-3H3. The Morgan fingerprint density at radius 2 is 2.28 bits per heavy atom. The molecule has 0 atom stereocenters. The van der Waals surface area contributed by atoms with Crippen molar-refractivity contribution in [3.8, 4) is 5.75 Å². The lowest BCUT2D eigenvalue weighted by Gasteiger charge is -2.11. The molecule has 1 aromatic heterocycles. The van der Waals surface area contributed by atoms with E-state index in [4.69, 9.17) is 4.74 Å². The lowest BCUT2D eigenvalue weighted by atomic mass is 10.3. The van der Waals surface area contributed by atoms with E-state index in [0.717, 1.165) is 17.3 Å². The summed E-state index contributed by atoms with van der Waals surface area (Å²) in [5, 5.41) is 7.33. The van der Waals surface area contributed by atoms with E-state index in [1.54, 1.807) is 29.9 Å². The molecule has 2 aromatic rings. The molecule has 1 aromatic carbocycles.